The molecule has 0 aliphatic heterocycles. The summed E-state index contributed by atoms with van der Waals surface area (Å²) in [5.74, 6) is -0.305. The van der Waals surface area contributed by atoms with Gasteiger partial charge in [0.15, 0.2) is 0 Å². The number of alkyl carbamates (subject to hydrolysis) is 1. The number of aromatic nitrogens is 1. The van der Waals surface area contributed by atoms with E-state index in [4.69, 9.17) is 4.74 Å². The van der Waals surface area contributed by atoms with Gasteiger partial charge in [0, 0.05) is 30.1 Å². The Morgan fingerprint density at radius 3 is 2.76 bits per heavy atom. The van der Waals surface area contributed by atoms with Gasteiger partial charge in [0.05, 0.1) is 11.7 Å². The smallest absolute Gasteiger partial charge is 0.407 e. The van der Waals surface area contributed by atoms with Gasteiger partial charge in [-0.1, -0.05) is 24.3 Å². The molecule has 2 aromatic rings. The molecule has 0 aliphatic carbocycles. The molecule has 0 spiro atoms. The largest absolute Gasteiger partial charge is 0.444 e. The van der Waals surface area contributed by atoms with E-state index < -0.39 is 11.7 Å². The highest BCUT2D eigenvalue weighted by Gasteiger charge is 2.15. The SMILES string of the molecule is CC(C)(C)OC(=O)NCCC(=O)N/N=C/c1cccc2cccnc12. The van der Waals surface area contributed by atoms with Gasteiger partial charge in [-0.3, -0.25) is 9.78 Å². The van der Waals surface area contributed by atoms with E-state index in [1.165, 1.54) is 0 Å². The normalized spacial score (nSPS) is 11.5. The maximum atomic E-state index is 11.7. The van der Waals surface area contributed by atoms with Crippen molar-refractivity contribution >= 4 is 29.1 Å². The molecule has 7 heteroatoms. The highest BCUT2D eigenvalue weighted by Crippen LogP contribution is 2.13. The summed E-state index contributed by atoms with van der Waals surface area (Å²) in [4.78, 5) is 27.5. The molecular formula is C18H22N4O3. The van der Waals surface area contributed by atoms with Crippen LogP contribution in [0.3, 0.4) is 0 Å². The first-order chi connectivity index (χ1) is 11.8. The van der Waals surface area contributed by atoms with Crippen LogP contribution in [0.1, 0.15) is 32.8 Å². The number of amides is 2. The average Bonchev–Trinajstić information content (AvgIpc) is 2.53. The van der Waals surface area contributed by atoms with E-state index in [9.17, 15) is 9.59 Å². The van der Waals surface area contributed by atoms with E-state index in [1.54, 1.807) is 33.2 Å². The van der Waals surface area contributed by atoms with Crippen LogP contribution < -0.4 is 10.7 Å². The van der Waals surface area contributed by atoms with Crippen molar-refractivity contribution in [3.63, 3.8) is 0 Å². The molecule has 0 saturated heterocycles. The zero-order valence-electron chi connectivity index (χ0n) is 14.6. The summed E-state index contributed by atoms with van der Waals surface area (Å²) >= 11 is 0. The van der Waals surface area contributed by atoms with Crippen LogP contribution in [-0.4, -0.2) is 35.3 Å². The zero-order valence-corrected chi connectivity index (χ0v) is 14.6. The van der Waals surface area contributed by atoms with Crippen LogP contribution in [0.5, 0.6) is 0 Å². The van der Waals surface area contributed by atoms with Gasteiger partial charge < -0.3 is 10.1 Å². The summed E-state index contributed by atoms with van der Waals surface area (Å²) in [7, 11) is 0. The van der Waals surface area contributed by atoms with Gasteiger partial charge in [0.2, 0.25) is 5.91 Å². The number of nitrogens with zero attached hydrogens (tertiary/aromatic N) is 2. The Balaban J connectivity index is 1.80. The lowest BCUT2D eigenvalue weighted by molar-refractivity contribution is -0.120. The molecule has 0 aliphatic rings. The molecule has 0 unspecified atom stereocenters. The number of hydrazone groups is 1. The van der Waals surface area contributed by atoms with Gasteiger partial charge in [0.1, 0.15) is 5.60 Å². The van der Waals surface area contributed by atoms with Crippen LogP contribution in [0.15, 0.2) is 41.6 Å². The molecule has 7 nitrogen and oxygen atoms in total. The Morgan fingerprint density at radius 2 is 2.00 bits per heavy atom. The lowest BCUT2D eigenvalue weighted by Gasteiger charge is -2.19. The minimum atomic E-state index is -0.566. The van der Waals surface area contributed by atoms with Crippen molar-refractivity contribution in [2.45, 2.75) is 32.8 Å². The third-order valence-corrected chi connectivity index (χ3v) is 3.08. The van der Waals surface area contributed by atoms with E-state index in [-0.39, 0.29) is 18.9 Å². The number of carbonyl (C=O) groups is 2. The molecule has 0 fully saturated rings. The number of hydrogen-bond donors (Lipinski definition) is 2. The van der Waals surface area contributed by atoms with Crippen molar-refractivity contribution in [3.05, 3.63) is 42.1 Å². The predicted octanol–water partition coefficient (Wildman–Crippen LogP) is 2.60. The zero-order chi connectivity index (χ0) is 18.3. The minimum Gasteiger partial charge on any atom is -0.444 e. The Bertz CT molecular complexity index is 776. The Labute approximate surface area is 146 Å². The van der Waals surface area contributed by atoms with Crippen molar-refractivity contribution in [1.29, 1.82) is 0 Å². The van der Waals surface area contributed by atoms with E-state index >= 15 is 0 Å². The van der Waals surface area contributed by atoms with E-state index in [2.05, 4.69) is 20.8 Å². The van der Waals surface area contributed by atoms with Crippen LogP contribution in [-0.2, 0) is 9.53 Å². The second-order valence-corrected chi connectivity index (χ2v) is 6.39. The molecule has 25 heavy (non-hydrogen) atoms. The Kier molecular flexibility index (Phi) is 6.05. The van der Waals surface area contributed by atoms with Gasteiger partial charge in [-0.2, -0.15) is 5.10 Å². The Hall–Kier alpha value is -2.96. The molecule has 0 radical (unpaired) electrons. The maximum Gasteiger partial charge on any atom is 0.407 e. The molecule has 2 amide bonds. The van der Waals surface area contributed by atoms with Crippen LogP contribution >= 0.6 is 0 Å². The number of benzene rings is 1. The number of hydrogen-bond acceptors (Lipinski definition) is 5. The third kappa shape index (κ3) is 6.21. The van der Waals surface area contributed by atoms with Crippen molar-refractivity contribution in [3.8, 4) is 0 Å². The molecule has 0 bridgehead atoms. The second-order valence-electron chi connectivity index (χ2n) is 6.39. The fourth-order valence-electron chi connectivity index (χ4n) is 2.05. The van der Waals surface area contributed by atoms with Crippen LogP contribution in [0.4, 0.5) is 4.79 Å². The predicted molar refractivity (Wildman–Crippen MR) is 96.3 cm³/mol. The fourth-order valence-corrected chi connectivity index (χ4v) is 2.05. The molecule has 2 rings (SSSR count). The summed E-state index contributed by atoms with van der Waals surface area (Å²) in [5.41, 5.74) is 3.49. The van der Waals surface area contributed by atoms with Crippen molar-refractivity contribution in [1.82, 2.24) is 15.7 Å². The van der Waals surface area contributed by atoms with Gasteiger partial charge in [-0.05, 0) is 26.8 Å². The van der Waals surface area contributed by atoms with Crippen molar-refractivity contribution < 1.29 is 14.3 Å². The van der Waals surface area contributed by atoms with Gasteiger partial charge in [-0.25, -0.2) is 10.2 Å². The molecule has 1 aromatic heterocycles. The number of rotatable bonds is 5. The van der Waals surface area contributed by atoms with Crippen molar-refractivity contribution in [2.75, 3.05) is 6.54 Å². The Morgan fingerprint density at radius 1 is 1.24 bits per heavy atom. The molecular weight excluding hydrogens is 320 g/mol. The lowest BCUT2D eigenvalue weighted by Crippen LogP contribution is -2.34. The van der Waals surface area contributed by atoms with E-state index in [1.807, 2.05) is 30.3 Å². The summed E-state index contributed by atoms with van der Waals surface area (Å²) < 4.78 is 5.08. The molecule has 0 saturated carbocycles. The summed E-state index contributed by atoms with van der Waals surface area (Å²) in [6.07, 6.45) is 2.81. The van der Waals surface area contributed by atoms with Crippen LogP contribution in [0, 0.1) is 0 Å². The molecule has 1 heterocycles. The van der Waals surface area contributed by atoms with Gasteiger partial charge in [-0.15, -0.1) is 0 Å². The van der Waals surface area contributed by atoms with E-state index in [0.29, 0.717) is 0 Å². The quantitative estimate of drug-likeness (QED) is 0.645. The standard InChI is InChI=1S/C18H22N4O3/c1-18(2,3)25-17(24)20-11-9-15(23)22-21-12-14-7-4-6-13-8-5-10-19-16(13)14/h4-8,10,12H,9,11H2,1-3H3,(H,20,24)(H,22,23)/b21-12+. The third-order valence-electron chi connectivity index (χ3n) is 3.08. The summed E-state index contributed by atoms with van der Waals surface area (Å²) in [5, 5.41) is 7.46. The number of carbonyl (C=O) groups excluding carboxylic acids is 2. The highest BCUT2D eigenvalue weighted by atomic mass is 16.6. The number of nitrogens with one attached hydrogen (secondary N) is 2. The molecule has 1 aromatic carbocycles. The minimum absolute atomic E-state index is 0.102. The topological polar surface area (TPSA) is 92.7 Å². The first-order valence-electron chi connectivity index (χ1n) is 7.98. The number of fused-ring (bicyclic) bond motifs is 1. The van der Waals surface area contributed by atoms with Crippen LogP contribution in [0.2, 0.25) is 0 Å². The monoisotopic (exact) mass is 342 g/mol. The lowest BCUT2D eigenvalue weighted by atomic mass is 10.1. The van der Waals surface area contributed by atoms with E-state index in [0.717, 1.165) is 16.5 Å². The van der Waals surface area contributed by atoms with Crippen molar-refractivity contribution in [2.24, 2.45) is 5.10 Å². The molecule has 132 valence electrons. The number of para-hydroxylation sites is 1. The first kappa shape index (κ1) is 18.4. The number of ether oxygens (including phenoxy) is 1. The van der Waals surface area contributed by atoms with Crippen LogP contribution in [0.25, 0.3) is 10.9 Å². The summed E-state index contributed by atoms with van der Waals surface area (Å²) in [6, 6.07) is 9.55. The van der Waals surface area contributed by atoms with Gasteiger partial charge >= 0.3 is 6.09 Å². The highest BCUT2D eigenvalue weighted by molar-refractivity contribution is 5.97. The second kappa shape index (κ2) is 8.23. The maximum absolute atomic E-state index is 11.7. The number of pyridine rings is 1. The average molecular weight is 342 g/mol. The molecule has 2 N–H and O–H groups in total. The molecule has 0 atom stereocenters. The summed E-state index contributed by atoms with van der Waals surface area (Å²) in [6.45, 7) is 5.49. The first-order valence-corrected chi connectivity index (χ1v) is 7.98. The van der Waals surface area contributed by atoms with Gasteiger partial charge in [0.25, 0.3) is 0 Å². The fraction of sp³-hybridized carbons (Fsp3) is 0.333.